The number of halogens is 3. The first-order valence-corrected chi connectivity index (χ1v) is 6.98. The van der Waals surface area contributed by atoms with Crippen molar-refractivity contribution in [1.82, 2.24) is 5.32 Å². The Labute approximate surface area is 117 Å². The van der Waals surface area contributed by atoms with Crippen LogP contribution in [0.5, 0.6) is 5.75 Å². The molecule has 1 fully saturated rings. The van der Waals surface area contributed by atoms with E-state index in [0.717, 1.165) is 12.1 Å². The second-order valence-corrected chi connectivity index (χ2v) is 5.55. The lowest BCUT2D eigenvalue weighted by atomic mass is 10.0. The van der Waals surface area contributed by atoms with E-state index in [9.17, 15) is 13.2 Å². The van der Waals surface area contributed by atoms with Gasteiger partial charge in [0.05, 0.1) is 0 Å². The lowest BCUT2D eigenvalue weighted by Gasteiger charge is -2.15. The predicted molar refractivity (Wildman–Crippen MR) is 71.4 cm³/mol. The maximum atomic E-state index is 12.1. The number of ether oxygens (including phenoxy) is 1. The summed E-state index contributed by atoms with van der Waals surface area (Å²) in [6, 6.07) is 6.13. The average molecular weight is 287 g/mol. The van der Waals surface area contributed by atoms with Gasteiger partial charge in [0, 0.05) is 13.1 Å². The highest BCUT2D eigenvalue weighted by atomic mass is 19.4. The largest absolute Gasteiger partial charge is 0.573 e. The number of hydrogen-bond acceptors (Lipinski definition) is 2. The number of alkyl halides is 3. The lowest BCUT2D eigenvalue weighted by molar-refractivity contribution is -0.274. The highest BCUT2D eigenvalue weighted by Gasteiger charge is 2.40. The molecule has 2 nitrogen and oxygen atoms in total. The van der Waals surface area contributed by atoms with Crippen LogP contribution in [0, 0.1) is 5.41 Å². The highest BCUT2D eigenvalue weighted by Crippen LogP contribution is 2.48. The molecule has 0 aliphatic heterocycles. The topological polar surface area (TPSA) is 21.3 Å². The minimum absolute atomic E-state index is 0.161. The van der Waals surface area contributed by atoms with Gasteiger partial charge in [0.25, 0.3) is 0 Å². The molecular formula is C15H20F3NO. The second kappa shape index (κ2) is 6.04. The zero-order valence-corrected chi connectivity index (χ0v) is 11.6. The van der Waals surface area contributed by atoms with Crippen molar-refractivity contribution >= 4 is 0 Å². The van der Waals surface area contributed by atoms with Crippen molar-refractivity contribution in [2.24, 2.45) is 5.41 Å². The fourth-order valence-corrected chi connectivity index (χ4v) is 2.55. The van der Waals surface area contributed by atoms with Crippen LogP contribution >= 0.6 is 0 Å². The molecule has 0 bridgehead atoms. The standard InChI is InChI=1S/C15H20F3NO/c1-2-6-14(7-8-14)11-19-10-12-4-3-5-13(9-12)20-15(16,17)18/h3-5,9,19H,2,6-8,10-11H2,1H3. The van der Waals surface area contributed by atoms with Crippen LogP contribution in [-0.4, -0.2) is 12.9 Å². The van der Waals surface area contributed by atoms with E-state index in [-0.39, 0.29) is 5.75 Å². The summed E-state index contributed by atoms with van der Waals surface area (Å²) in [6.07, 6.45) is 0.273. The molecule has 0 amide bonds. The first kappa shape index (κ1) is 15.2. The fraction of sp³-hybridized carbons (Fsp3) is 0.600. The Morgan fingerprint density at radius 3 is 2.65 bits per heavy atom. The molecule has 1 aromatic rings. The van der Waals surface area contributed by atoms with Gasteiger partial charge in [0.1, 0.15) is 5.75 Å². The smallest absolute Gasteiger partial charge is 0.406 e. The van der Waals surface area contributed by atoms with Gasteiger partial charge in [-0.05, 0) is 42.4 Å². The summed E-state index contributed by atoms with van der Waals surface area (Å²) in [6.45, 7) is 3.68. The molecule has 20 heavy (non-hydrogen) atoms. The van der Waals surface area contributed by atoms with Gasteiger partial charge in [-0.3, -0.25) is 0 Å². The van der Waals surface area contributed by atoms with Gasteiger partial charge in [-0.2, -0.15) is 0 Å². The molecule has 0 saturated heterocycles. The third-order valence-corrected chi connectivity index (χ3v) is 3.70. The fourth-order valence-electron chi connectivity index (χ4n) is 2.55. The van der Waals surface area contributed by atoms with Crippen LogP contribution in [-0.2, 0) is 6.54 Å². The Hall–Kier alpha value is -1.23. The third kappa shape index (κ3) is 4.71. The van der Waals surface area contributed by atoms with Crippen molar-refractivity contribution in [3.05, 3.63) is 29.8 Å². The van der Waals surface area contributed by atoms with Crippen molar-refractivity contribution < 1.29 is 17.9 Å². The normalized spacial score (nSPS) is 17.0. The number of nitrogens with one attached hydrogen (secondary N) is 1. The molecule has 0 spiro atoms. The second-order valence-electron chi connectivity index (χ2n) is 5.55. The zero-order chi connectivity index (χ0) is 14.6. The Bertz CT molecular complexity index is 441. The summed E-state index contributed by atoms with van der Waals surface area (Å²) in [5.74, 6) is -0.161. The van der Waals surface area contributed by atoms with Crippen molar-refractivity contribution in [3.63, 3.8) is 0 Å². The number of hydrogen-bond donors (Lipinski definition) is 1. The van der Waals surface area contributed by atoms with E-state index >= 15 is 0 Å². The van der Waals surface area contributed by atoms with Gasteiger partial charge >= 0.3 is 6.36 Å². The van der Waals surface area contributed by atoms with Crippen molar-refractivity contribution in [2.75, 3.05) is 6.54 Å². The van der Waals surface area contributed by atoms with E-state index < -0.39 is 6.36 Å². The molecule has 0 heterocycles. The van der Waals surface area contributed by atoms with Crippen LogP contribution < -0.4 is 10.1 Å². The first-order valence-electron chi connectivity index (χ1n) is 6.98. The van der Waals surface area contributed by atoms with Crippen LogP contribution in [0.25, 0.3) is 0 Å². The van der Waals surface area contributed by atoms with E-state index in [1.807, 2.05) is 0 Å². The number of rotatable bonds is 7. The van der Waals surface area contributed by atoms with Gasteiger partial charge in [-0.1, -0.05) is 25.5 Å². The van der Waals surface area contributed by atoms with Crippen LogP contribution in [0.15, 0.2) is 24.3 Å². The molecule has 112 valence electrons. The van der Waals surface area contributed by atoms with E-state index in [0.29, 0.717) is 12.0 Å². The molecule has 1 N–H and O–H groups in total. The van der Waals surface area contributed by atoms with Crippen molar-refractivity contribution in [3.8, 4) is 5.75 Å². The monoisotopic (exact) mass is 287 g/mol. The molecule has 0 radical (unpaired) electrons. The average Bonchev–Trinajstić information content (AvgIpc) is 3.08. The zero-order valence-electron chi connectivity index (χ0n) is 11.6. The van der Waals surface area contributed by atoms with E-state index in [4.69, 9.17) is 0 Å². The van der Waals surface area contributed by atoms with E-state index in [1.54, 1.807) is 12.1 Å². The summed E-state index contributed by atoms with van der Waals surface area (Å²) in [7, 11) is 0. The maximum Gasteiger partial charge on any atom is 0.573 e. The first-order chi connectivity index (χ1) is 9.42. The van der Waals surface area contributed by atoms with E-state index in [1.165, 1.54) is 37.8 Å². The minimum Gasteiger partial charge on any atom is -0.406 e. The summed E-state index contributed by atoms with van der Waals surface area (Å²) >= 11 is 0. The summed E-state index contributed by atoms with van der Waals surface area (Å²) in [4.78, 5) is 0. The quantitative estimate of drug-likeness (QED) is 0.809. The van der Waals surface area contributed by atoms with Crippen molar-refractivity contribution in [2.45, 2.75) is 45.5 Å². The molecule has 2 rings (SSSR count). The molecular weight excluding hydrogens is 267 g/mol. The van der Waals surface area contributed by atoms with Crippen molar-refractivity contribution in [1.29, 1.82) is 0 Å². The SMILES string of the molecule is CCCC1(CNCc2cccc(OC(F)(F)F)c2)CC1. The van der Waals surface area contributed by atoms with Crippen LogP contribution in [0.1, 0.15) is 38.2 Å². The summed E-state index contributed by atoms with van der Waals surface area (Å²) in [5, 5.41) is 3.34. The van der Waals surface area contributed by atoms with Crippen LogP contribution in [0.2, 0.25) is 0 Å². The summed E-state index contributed by atoms with van der Waals surface area (Å²) in [5.41, 5.74) is 1.24. The number of benzene rings is 1. The van der Waals surface area contributed by atoms with Gasteiger partial charge in [-0.15, -0.1) is 13.2 Å². The molecule has 0 atom stereocenters. The Morgan fingerprint density at radius 1 is 1.30 bits per heavy atom. The van der Waals surface area contributed by atoms with Crippen LogP contribution in [0.4, 0.5) is 13.2 Å². The minimum atomic E-state index is -4.63. The third-order valence-electron chi connectivity index (χ3n) is 3.70. The molecule has 0 unspecified atom stereocenters. The Kier molecular flexibility index (Phi) is 4.58. The maximum absolute atomic E-state index is 12.1. The van der Waals surface area contributed by atoms with Gasteiger partial charge in [0.2, 0.25) is 0 Å². The summed E-state index contributed by atoms with van der Waals surface area (Å²) < 4.78 is 40.3. The highest BCUT2D eigenvalue weighted by molar-refractivity contribution is 5.28. The molecule has 0 aromatic heterocycles. The Morgan fingerprint density at radius 2 is 2.05 bits per heavy atom. The molecule has 1 aliphatic rings. The lowest BCUT2D eigenvalue weighted by Crippen LogP contribution is -2.23. The Balaban J connectivity index is 1.82. The predicted octanol–water partition coefficient (Wildman–Crippen LogP) is 4.26. The van der Waals surface area contributed by atoms with Gasteiger partial charge in [-0.25, -0.2) is 0 Å². The van der Waals surface area contributed by atoms with Gasteiger partial charge < -0.3 is 10.1 Å². The van der Waals surface area contributed by atoms with E-state index in [2.05, 4.69) is 17.0 Å². The molecule has 1 aromatic carbocycles. The molecule has 1 aliphatic carbocycles. The molecule has 5 heteroatoms. The molecule has 1 saturated carbocycles. The van der Waals surface area contributed by atoms with Gasteiger partial charge in [0.15, 0.2) is 0 Å². The van der Waals surface area contributed by atoms with Crippen LogP contribution in [0.3, 0.4) is 0 Å².